The molecule has 0 aromatic heterocycles. The highest BCUT2D eigenvalue weighted by molar-refractivity contribution is 5.29. The predicted molar refractivity (Wildman–Crippen MR) is 130 cm³/mol. The monoisotopic (exact) mass is 430 g/mol. The third-order valence-corrected chi connectivity index (χ3v) is 11.5. The Morgan fingerprint density at radius 3 is 2.45 bits per heavy atom. The van der Waals surface area contributed by atoms with Crippen molar-refractivity contribution in [3.05, 3.63) is 11.6 Å². The molecule has 0 spiro atoms. The van der Waals surface area contributed by atoms with Crippen LogP contribution in [0.1, 0.15) is 119 Å². The van der Waals surface area contributed by atoms with Gasteiger partial charge in [0.05, 0.1) is 11.2 Å². The summed E-state index contributed by atoms with van der Waals surface area (Å²) >= 11 is 0. The summed E-state index contributed by atoms with van der Waals surface area (Å²) in [7, 11) is 0. The maximum absolute atomic E-state index is 10.8. The fourth-order valence-electron chi connectivity index (χ4n) is 8.98. The maximum atomic E-state index is 10.8. The Hall–Kier alpha value is -0.340. The highest BCUT2D eigenvalue weighted by Crippen LogP contribution is 2.67. The van der Waals surface area contributed by atoms with Gasteiger partial charge in [0.1, 0.15) is 0 Å². The fraction of sp³-hybridized carbons (Fsp3) is 0.931. The topological polar surface area (TPSA) is 40.5 Å². The number of aliphatic hydroxyl groups is 2. The minimum atomic E-state index is -0.456. The summed E-state index contributed by atoms with van der Waals surface area (Å²) in [5.74, 6) is 3.79. The molecule has 0 amide bonds. The lowest BCUT2D eigenvalue weighted by atomic mass is 9.47. The lowest BCUT2D eigenvalue weighted by Crippen LogP contribution is -2.51. The standard InChI is InChI=1S/C29H50O2/c1-7-29(31,8-2)16-13-20(3)23-11-12-24-22-10-9-21-19-26(4,30)17-18-27(21,5)25(22)14-15-28(23,24)6/h14,20-24,30-31H,7-13,15-19H2,1-6H3/t20-,21+,22+,23-,24+,26+,27+,28-/m1/s1. The van der Waals surface area contributed by atoms with E-state index in [0.717, 1.165) is 49.9 Å². The van der Waals surface area contributed by atoms with E-state index in [0.29, 0.717) is 22.7 Å². The Labute approximate surface area is 192 Å². The van der Waals surface area contributed by atoms with Gasteiger partial charge in [0, 0.05) is 0 Å². The Kier molecular flexibility index (Phi) is 6.26. The third-order valence-electron chi connectivity index (χ3n) is 11.5. The van der Waals surface area contributed by atoms with Gasteiger partial charge in [-0.2, -0.15) is 0 Å². The molecule has 0 aliphatic heterocycles. The zero-order chi connectivity index (χ0) is 22.7. The van der Waals surface area contributed by atoms with Crippen LogP contribution in [0.3, 0.4) is 0 Å². The number of hydrogen-bond acceptors (Lipinski definition) is 2. The minimum absolute atomic E-state index is 0.328. The normalized spacial score (nSPS) is 46.0. The molecule has 0 bridgehead atoms. The van der Waals surface area contributed by atoms with Crippen molar-refractivity contribution >= 4 is 0 Å². The Morgan fingerprint density at radius 1 is 1.06 bits per heavy atom. The number of allylic oxidation sites excluding steroid dienone is 2. The van der Waals surface area contributed by atoms with E-state index in [-0.39, 0.29) is 0 Å². The van der Waals surface area contributed by atoms with Crippen molar-refractivity contribution in [3.8, 4) is 0 Å². The zero-order valence-corrected chi connectivity index (χ0v) is 21.3. The van der Waals surface area contributed by atoms with Crippen molar-refractivity contribution in [1.82, 2.24) is 0 Å². The van der Waals surface area contributed by atoms with Crippen LogP contribution in [0.4, 0.5) is 0 Å². The van der Waals surface area contributed by atoms with Crippen molar-refractivity contribution in [2.75, 3.05) is 0 Å². The lowest BCUT2D eigenvalue weighted by molar-refractivity contribution is -0.0650. The third kappa shape index (κ3) is 3.96. The molecule has 4 rings (SSSR count). The summed E-state index contributed by atoms with van der Waals surface area (Å²) in [5.41, 5.74) is 1.65. The molecule has 2 N–H and O–H groups in total. The summed E-state index contributed by atoms with van der Waals surface area (Å²) < 4.78 is 0. The average Bonchev–Trinajstić information content (AvgIpc) is 3.09. The van der Waals surface area contributed by atoms with Crippen LogP contribution in [-0.2, 0) is 0 Å². The molecule has 178 valence electrons. The van der Waals surface area contributed by atoms with Gasteiger partial charge >= 0.3 is 0 Å². The Bertz CT molecular complexity index is 689. The first-order valence-electron chi connectivity index (χ1n) is 13.6. The quantitative estimate of drug-likeness (QED) is 0.434. The second-order valence-corrected chi connectivity index (χ2v) is 13.1. The summed E-state index contributed by atoms with van der Waals surface area (Å²) in [6.45, 7) is 14.0. The smallest absolute Gasteiger partial charge is 0.0642 e. The van der Waals surface area contributed by atoms with Crippen molar-refractivity contribution in [1.29, 1.82) is 0 Å². The van der Waals surface area contributed by atoms with E-state index in [1.54, 1.807) is 5.57 Å². The van der Waals surface area contributed by atoms with Gasteiger partial charge in [-0.05, 0) is 124 Å². The van der Waals surface area contributed by atoms with Gasteiger partial charge in [0.25, 0.3) is 0 Å². The van der Waals surface area contributed by atoms with Crippen molar-refractivity contribution in [2.45, 2.75) is 130 Å². The summed E-state index contributed by atoms with van der Waals surface area (Å²) in [4.78, 5) is 0. The van der Waals surface area contributed by atoms with Gasteiger partial charge in [-0.25, -0.2) is 0 Å². The molecule has 2 nitrogen and oxygen atoms in total. The van der Waals surface area contributed by atoms with Gasteiger partial charge in [0.15, 0.2) is 0 Å². The fourth-order valence-corrected chi connectivity index (χ4v) is 8.98. The van der Waals surface area contributed by atoms with E-state index in [4.69, 9.17) is 0 Å². The number of rotatable bonds is 6. The van der Waals surface area contributed by atoms with Crippen LogP contribution >= 0.6 is 0 Å². The second kappa shape index (κ2) is 8.15. The number of fused-ring (bicyclic) bond motifs is 5. The van der Waals surface area contributed by atoms with Crippen LogP contribution in [0, 0.1) is 40.4 Å². The van der Waals surface area contributed by atoms with E-state index in [1.165, 1.54) is 44.9 Å². The van der Waals surface area contributed by atoms with E-state index in [1.807, 2.05) is 0 Å². The first-order chi connectivity index (χ1) is 14.5. The van der Waals surface area contributed by atoms with Crippen LogP contribution in [-0.4, -0.2) is 21.4 Å². The molecule has 0 aromatic carbocycles. The molecule has 0 aromatic rings. The predicted octanol–water partition coefficient (Wildman–Crippen LogP) is 7.28. The molecule has 0 saturated heterocycles. The summed E-state index contributed by atoms with van der Waals surface area (Å²) in [5, 5.41) is 21.5. The molecular weight excluding hydrogens is 380 g/mol. The maximum Gasteiger partial charge on any atom is 0.0642 e. The van der Waals surface area contributed by atoms with Crippen LogP contribution in [0.5, 0.6) is 0 Å². The zero-order valence-electron chi connectivity index (χ0n) is 21.3. The lowest BCUT2D eigenvalue weighted by Gasteiger charge is -2.58. The average molecular weight is 431 g/mol. The second-order valence-electron chi connectivity index (χ2n) is 13.1. The van der Waals surface area contributed by atoms with Crippen LogP contribution < -0.4 is 0 Å². The van der Waals surface area contributed by atoms with Gasteiger partial charge in [-0.3, -0.25) is 0 Å². The summed E-state index contributed by atoms with van der Waals surface area (Å²) in [6.07, 6.45) is 16.4. The first-order valence-corrected chi connectivity index (χ1v) is 13.6. The highest BCUT2D eigenvalue weighted by Gasteiger charge is 2.58. The van der Waals surface area contributed by atoms with Crippen LogP contribution in [0.2, 0.25) is 0 Å². The molecule has 8 atom stereocenters. The molecule has 3 fully saturated rings. The molecule has 2 heteroatoms. The molecule has 31 heavy (non-hydrogen) atoms. The first kappa shape index (κ1) is 23.8. The molecule has 4 aliphatic carbocycles. The van der Waals surface area contributed by atoms with Crippen molar-refractivity contribution in [3.63, 3.8) is 0 Å². The molecule has 0 heterocycles. The molecule has 0 unspecified atom stereocenters. The molecule has 0 radical (unpaired) electrons. The molecular formula is C29H50O2. The van der Waals surface area contributed by atoms with Gasteiger partial charge < -0.3 is 10.2 Å². The SMILES string of the molecule is CCC(O)(CC)CC[C@@H](C)[C@H]1CC[C@H]2[C@@H]3CC[C@H]4C[C@@](C)(O)CC[C@]4(C)C3=CC[C@]12C. The highest BCUT2D eigenvalue weighted by atomic mass is 16.3. The van der Waals surface area contributed by atoms with Crippen LogP contribution in [0.25, 0.3) is 0 Å². The summed E-state index contributed by atoms with van der Waals surface area (Å²) in [6, 6.07) is 0. The van der Waals surface area contributed by atoms with E-state index in [2.05, 4.69) is 47.6 Å². The van der Waals surface area contributed by atoms with Gasteiger partial charge in [-0.1, -0.05) is 46.3 Å². The van der Waals surface area contributed by atoms with E-state index in [9.17, 15) is 10.2 Å². The largest absolute Gasteiger partial charge is 0.390 e. The molecule has 4 aliphatic rings. The van der Waals surface area contributed by atoms with E-state index >= 15 is 0 Å². The van der Waals surface area contributed by atoms with Gasteiger partial charge in [-0.15, -0.1) is 0 Å². The van der Waals surface area contributed by atoms with Gasteiger partial charge in [0.2, 0.25) is 0 Å². The minimum Gasteiger partial charge on any atom is -0.390 e. The van der Waals surface area contributed by atoms with Crippen molar-refractivity contribution < 1.29 is 10.2 Å². The van der Waals surface area contributed by atoms with Crippen molar-refractivity contribution in [2.24, 2.45) is 40.4 Å². The van der Waals surface area contributed by atoms with E-state index < -0.39 is 11.2 Å². The Balaban J connectivity index is 1.51. The number of hydrogen-bond donors (Lipinski definition) is 2. The van der Waals surface area contributed by atoms with Crippen LogP contribution in [0.15, 0.2) is 11.6 Å². The molecule has 3 saturated carbocycles. The Morgan fingerprint density at radius 2 is 1.77 bits per heavy atom.